The molecule has 2 aromatic carbocycles. The van der Waals surface area contributed by atoms with Crippen molar-refractivity contribution in [2.45, 2.75) is 19.8 Å². The van der Waals surface area contributed by atoms with Crippen LogP contribution in [0.5, 0.6) is 0 Å². The van der Waals surface area contributed by atoms with Crippen LogP contribution < -0.4 is 10.9 Å². The third kappa shape index (κ3) is 2.19. The van der Waals surface area contributed by atoms with Crippen molar-refractivity contribution in [3.63, 3.8) is 0 Å². The zero-order valence-corrected chi connectivity index (χ0v) is 12.6. The van der Waals surface area contributed by atoms with Gasteiger partial charge in [-0.05, 0) is 54.5 Å². The van der Waals surface area contributed by atoms with Crippen LogP contribution in [0.2, 0.25) is 0 Å². The van der Waals surface area contributed by atoms with Gasteiger partial charge in [0.25, 0.3) is 5.56 Å². The van der Waals surface area contributed by atoms with Gasteiger partial charge in [0.15, 0.2) is 0 Å². The topological polar surface area (TPSA) is 44.9 Å². The lowest BCUT2D eigenvalue weighted by atomic mass is 9.98. The fraction of sp³-hybridized carbons (Fsp3) is 0.211. The smallest absolute Gasteiger partial charge is 0.256 e. The van der Waals surface area contributed by atoms with Gasteiger partial charge in [-0.25, -0.2) is 0 Å². The Morgan fingerprint density at radius 1 is 1.05 bits per heavy atom. The number of anilines is 1. The molecule has 22 heavy (non-hydrogen) atoms. The molecule has 0 amide bonds. The van der Waals surface area contributed by atoms with Gasteiger partial charge in [-0.1, -0.05) is 29.8 Å². The van der Waals surface area contributed by atoms with Crippen molar-refractivity contribution < 1.29 is 0 Å². The van der Waals surface area contributed by atoms with Crippen molar-refractivity contribution in [1.29, 1.82) is 0 Å². The highest BCUT2D eigenvalue weighted by atomic mass is 16.1. The minimum Gasteiger partial charge on any atom is -0.385 e. The van der Waals surface area contributed by atoms with Crippen molar-refractivity contribution >= 4 is 16.6 Å². The Kier molecular flexibility index (Phi) is 3.00. The summed E-state index contributed by atoms with van der Waals surface area (Å²) in [5.74, 6) is 0. The molecule has 0 fully saturated rings. The van der Waals surface area contributed by atoms with Crippen molar-refractivity contribution in [1.82, 2.24) is 4.98 Å². The summed E-state index contributed by atoms with van der Waals surface area (Å²) in [7, 11) is 0. The maximum absolute atomic E-state index is 12.4. The van der Waals surface area contributed by atoms with Crippen LogP contribution in [-0.2, 0) is 6.42 Å². The van der Waals surface area contributed by atoms with E-state index in [9.17, 15) is 4.79 Å². The standard InChI is InChI=1S/C19H18N2O/c1-12-4-6-13(7-5-12)16-10-15-9-14-3-2-8-20-17(14)11-18(15)21-19(16)22/h4-7,9-11,20H,2-3,8H2,1H3,(H,21,22). The van der Waals surface area contributed by atoms with Gasteiger partial charge in [0, 0.05) is 17.8 Å². The number of H-pyrrole nitrogens is 1. The van der Waals surface area contributed by atoms with Gasteiger partial charge < -0.3 is 10.3 Å². The maximum atomic E-state index is 12.4. The lowest BCUT2D eigenvalue weighted by Gasteiger charge is -2.18. The SMILES string of the molecule is Cc1ccc(-c2cc3cc4c(cc3[nH]c2=O)NCCC4)cc1. The van der Waals surface area contributed by atoms with Crippen LogP contribution in [0.4, 0.5) is 5.69 Å². The predicted octanol–water partition coefficient (Wildman–Crippen LogP) is 3.86. The Balaban J connectivity index is 1.91. The monoisotopic (exact) mass is 290 g/mol. The normalized spacial score (nSPS) is 13.7. The molecule has 0 bridgehead atoms. The lowest BCUT2D eigenvalue weighted by Crippen LogP contribution is -2.13. The molecular formula is C19H18N2O. The summed E-state index contributed by atoms with van der Waals surface area (Å²) in [6.45, 7) is 3.05. The largest absolute Gasteiger partial charge is 0.385 e. The number of pyridine rings is 1. The molecule has 1 aliphatic rings. The average molecular weight is 290 g/mol. The number of hydrogen-bond acceptors (Lipinski definition) is 2. The highest BCUT2D eigenvalue weighted by Gasteiger charge is 2.12. The van der Waals surface area contributed by atoms with E-state index in [1.165, 1.54) is 11.1 Å². The minimum atomic E-state index is -0.0351. The van der Waals surface area contributed by atoms with Crippen LogP contribution in [0.15, 0.2) is 47.3 Å². The number of hydrogen-bond donors (Lipinski definition) is 2. The first-order valence-corrected chi connectivity index (χ1v) is 7.71. The van der Waals surface area contributed by atoms with Gasteiger partial charge in [-0.2, -0.15) is 0 Å². The molecular weight excluding hydrogens is 272 g/mol. The van der Waals surface area contributed by atoms with E-state index in [0.29, 0.717) is 0 Å². The number of fused-ring (bicyclic) bond motifs is 2. The fourth-order valence-electron chi connectivity index (χ4n) is 3.12. The zero-order chi connectivity index (χ0) is 15.1. The van der Waals surface area contributed by atoms with E-state index >= 15 is 0 Å². The second-order valence-electron chi connectivity index (χ2n) is 6.01. The van der Waals surface area contributed by atoms with Gasteiger partial charge >= 0.3 is 0 Å². The minimum absolute atomic E-state index is 0.0351. The molecule has 3 heteroatoms. The van der Waals surface area contributed by atoms with Crippen molar-refractivity contribution in [2.24, 2.45) is 0 Å². The van der Waals surface area contributed by atoms with E-state index in [4.69, 9.17) is 0 Å². The van der Waals surface area contributed by atoms with Crippen molar-refractivity contribution in [2.75, 3.05) is 11.9 Å². The second-order valence-corrected chi connectivity index (χ2v) is 6.01. The summed E-state index contributed by atoms with van der Waals surface area (Å²) >= 11 is 0. The van der Waals surface area contributed by atoms with E-state index < -0.39 is 0 Å². The molecule has 2 heterocycles. The van der Waals surface area contributed by atoms with Crippen LogP contribution in [0, 0.1) is 6.92 Å². The zero-order valence-electron chi connectivity index (χ0n) is 12.6. The van der Waals surface area contributed by atoms with E-state index in [1.807, 2.05) is 37.3 Å². The van der Waals surface area contributed by atoms with E-state index in [0.717, 1.165) is 47.1 Å². The molecule has 2 N–H and O–H groups in total. The summed E-state index contributed by atoms with van der Waals surface area (Å²) in [4.78, 5) is 15.4. The van der Waals surface area contributed by atoms with Crippen LogP contribution in [0.3, 0.4) is 0 Å². The summed E-state index contributed by atoms with van der Waals surface area (Å²) in [5.41, 5.74) is 6.24. The van der Waals surface area contributed by atoms with Crippen molar-refractivity contribution in [3.8, 4) is 11.1 Å². The summed E-state index contributed by atoms with van der Waals surface area (Å²) in [6.07, 6.45) is 2.25. The van der Waals surface area contributed by atoms with Crippen LogP contribution >= 0.6 is 0 Å². The van der Waals surface area contributed by atoms with Crippen LogP contribution in [0.25, 0.3) is 22.0 Å². The molecule has 0 unspecified atom stereocenters. The lowest BCUT2D eigenvalue weighted by molar-refractivity contribution is 0.832. The molecule has 4 rings (SSSR count). The highest BCUT2D eigenvalue weighted by Crippen LogP contribution is 2.28. The van der Waals surface area contributed by atoms with Gasteiger partial charge in [0.05, 0.1) is 5.52 Å². The maximum Gasteiger partial charge on any atom is 0.256 e. The summed E-state index contributed by atoms with van der Waals surface area (Å²) in [6, 6.07) is 14.4. The summed E-state index contributed by atoms with van der Waals surface area (Å²) < 4.78 is 0. The molecule has 0 spiro atoms. The Bertz CT molecular complexity index is 907. The average Bonchev–Trinajstić information content (AvgIpc) is 2.53. The molecule has 1 aromatic heterocycles. The van der Waals surface area contributed by atoms with Gasteiger partial charge in [-0.15, -0.1) is 0 Å². The molecule has 0 saturated heterocycles. The highest BCUT2D eigenvalue weighted by molar-refractivity contribution is 5.87. The molecule has 110 valence electrons. The van der Waals surface area contributed by atoms with Gasteiger partial charge in [0.2, 0.25) is 0 Å². The molecule has 1 aliphatic heterocycles. The third-order valence-electron chi connectivity index (χ3n) is 4.37. The molecule has 0 atom stereocenters. The number of aromatic amines is 1. The number of aromatic nitrogens is 1. The second kappa shape index (κ2) is 5.02. The van der Waals surface area contributed by atoms with Crippen molar-refractivity contribution in [3.05, 3.63) is 63.9 Å². The quantitative estimate of drug-likeness (QED) is 0.714. The number of benzene rings is 2. The molecule has 3 nitrogen and oxygen atoms in total. The predicted molar refractivity (Wildman–Crippen MR) is 91.6 cm³/mol. The molecule has 0 saturated carbocycles. The Morgan fingerprint density at radius 3 is 2.68 bits per heavy atom. The van der Waals surface area contributed by atoms with Crippen LogP contribution in [-0.4, -0.2) is 11.5 Å². The Hall–Kier alpha value is -2.55. The van der Waals surface area contributed by atoms with E-state index in [-0.39, 0.29) is 5.56 Å². The summed E-state index contributed by atoms with van der Waals surface area (Å²) in [5, 5.41) is 4.50. The number of nitrogens with one attached hydrogen (secondary N) is 2. The number of rotatable bonds is 1. The molecule has 0 radical (unpaired) electrons. The molecule has 0 aliphatic carbocycles. The van der Waals surface area contributed by atoms with E-state index in [2.05, 4.69) is 22.4 Å². The van der Waals surface area contributed by atoms with E-state index in [1.54, 1.807) is 0 Å². The van der Waals surface area contributed by atoms with Crippen LogP contribution in [0.1, 0.15) is 17.5 Å². The van der Waals surface area contributed by atoms with Gasteiger partial charge in [-0.3, -0.25) is 4.79 Å². The first-order chi connectivity index (χ1) is 10.7. The Morgan fingerprint density at radius 2 is 1.86 bits per heavy atom. The third-order valence-corrected chi connectivity index (χ3v) is 4.37. The fourth-order valence-corrected chi connectivity index (χ4v) is 3.12. The number of aryl methyl sites for hydroxylation is 2. The Labute approximate surface area is 129 Å². The molecule has 3 aromatic rings. The first kappa shape index (κ1) is 13.1. The van der Waals surface area contributed by atoms with Gasteiger partial charge in [0.1, 0.15) is 0 Å². The first-order valence-electron chi connectivity index (χ1n) is 7.71.